The fraction of sp³-hybridized carbons (Fsp3) is 0.562. The van der Waals surface area contributed by atoms with Crippen molar-refractivity contribution in [1.82, 2.24) is 10.2 Å². The second-order valence-corrected chi connectivity index (χ2v) is 5.55. The molecule has 1 saturated heterocycles. The molecule has 2 N–H and O–H groups in total. The van der Waals surface area contributed by atoms with E-state index in [2.05, 4.69) is 5.32 Å². The molecule has 0 radical (unpaired) electrons. The number of rotatable bonds is 5. The largest absolute Gasteiger partial charge is 0.388 e. The highest BCUT2D eigenvalue weighted by atomic mass is 19.1. The van der Waals surface area contributed by atoms with Crippen molar-refractivity contribution in [3.8, 4) is 0 Å². The number of halogens is 1. The maximum absolute atomic E-state index is 12.9. The number of likely N-dealkylation sites (tertiary alicyclic amines) is 1. The van der Waals surface area contributed by atoms with Crippen LogP contribution in [0.5, 0.6) is 0 Å². The number of hydrogen-bond acceptors (Lipinski definition) is 3. The topological polar surface area (TPSA) is 61.8 Å². The van der Waals surface area contributed by atoms with Gasteiger partial charge in [-0.15, -0.1) is 0 Å². The van der Waals surface area contributed by atoms with E-state index in [4.69, 9.17) is 4.74 Å². The number of aliphatic hydroxyl groups excluding tert-OH is 1. The molecular weight excluding hydrogens is 287 g/mol. The zero-order valence-corrected chi connectivity index (χ0v) is 12.8. The Labute approximate surface area is 130 Å². The first-order valence-corrected chi connectivity index (χ1v) is 7.57. The van der Waals surface area contributed by atoms with Gasteiger partial charge in [0.15, 0.2) is 0 Å². The van der Waals surface area contributed by atoms with E-state index in [-0.39, 0.29) is 17.8 Å². The van der Waals surface area contributed by atoms with Crippen molar-refractivity contribution in [2.24, 2.45) is 5.92 Å². The number of aliphatic hydroxyl groups is 1. The Bertz CT molecular complexity index is 473. The molecule has 1 aromatic carbocycles. The Morgan fingerprint density at radius 3 is 2.64 bits per heavy atom. The molecule has 22 heavy (non-hydrogen) atoms. The standard InChI is InChI=1S/C16H23FN2O3/c1-22-11-8-18-16(21)19-9-6-13(7-10-19)15(20)12-2-4-14(17)5-3-12/h2-5,13,15,20H,6-11H2,1H3,(H,18,21). The molecule has 0 spiro atoms. The third-order valence-corrected chi connectivity index (χ3v) is 4.07. The molecule has 0 saturated carbocycles. The minimum absolute atomic E-state index is 0.0910. The molecular formula is C16H23FN2O3. The van der Waals surface area contributed by atoms with Gasteiger partial charge in [-0.05, 0) is 36.5 Å². The first-order valence-electron chi connectivity index (χ1n) is 7.57. The monoisotopic (exact) mass is 310 g/mol. The van der Waals surface area contributed by atoms with Gasteiger partial charge < -0.3 is 20.1 Å². The molecule has 5 nitrogen and oxygen atoms in total. The van der Waals surface area contributed by atoms with E-state index in [0.717, 1.165) is 18.4 Å². The zero-order chi connectivity index (χ0) is 15.9. The number of methoxy groups -OCH3 is 1. The number of piperidine rings is 1. The lowest BCUT2D eigenvalue weighted by Gasteiger charge is -2.34. The summed E-state index contributed by atoms with van der Waals surface area (Å²) in [5.41, 5.74) is 0.726. The van der Waals surface area contributed by atoms with E-state index < -0.39 is 6.10 Å². The molecule has 1 aliphatic rings. The van der Waals surface area contributed by atoms with Crippen LogP contribution in [0.3, 0.4) is 0 Å². The zero-order valence-electron chi connectivity index (χ0n) is 12.8. The maximum Gasteiger partial charge on any atom is 0.317 e. The molecule has 1 unspecified atom stereocenters. The Morgan fingerprint density at radius 1 is 1.41 bits per heavy atom. The van der Waals surface area contributed by atoms with Crippen LogP contribution in [0, 0.1) is 11.7 Å². The van der Waals surface area contributed by atoms with Gasteiger partial charge in [0.05, 0.1) is 12.7 Å². The Morgan fingerprint density at radius 2 is 2.05 bits per heavy atom. The first-order chi connectivity index (χ1) is 10.6. The molecule has 0 aromatic heterocycles. The molecule has 1 fully saturated rings. The third kappa shape index (κ3) is 4.42. The summed E-state index contributed by atoms with van der Waals surface area (Å²) < 4.78 is 17.8. The number of amides is 2. The lowest BCUT2D eigenvalue weighted by molar-refractivity contribution is 0.0662. The van der Waals surface area contributed by atoms with Gasteiger partial charge in [0.2, 0.25) is 0 Å². The number of carbonyl (C=O) groups excluding carboxylic acids is 1. The Kier molecular flexibility index (Phi) is 6.15. The molecule has 1 aromatic rings. The van der Waals surface area contributed by atoms with Gasteiger partial charge in [-0.2, -0.15) is 0 Å². The minimum atomic E-state index is -0.612. The number of ether oxygens (including phenoxy) is 1. The summed E-state index contributed by atoms with van der Waals surface area (Å²) >= 11 is 0. The number of benzene rings is 1. The number of urea groups is 1. The lowest BCUT2D eigenvalue weighted by Crippen LogP contribution is -2.45. The van der Waals surface area contributed by atoms with Gasteiger partial charge in [-0.25, -0.2) is 9.18 Å². The lowest BCUT2D eigenvalue weighted by atomic mass is 9.87. The van der Waals surface area contributed by atoms with E-state index >= 15 is 0 Å². The fourth-order valence-electron chi connectivity index (χ4n) is 2.72. The number of nitrogens with zero attached hydrogens (tertiary/aromatic N) is 1. The molecule has 2 amide bonds. The predicted molar refractivity (Wildman–Crippen MR) is 80.9 cm³/mol. The van der Waals surface area contributed by atoms with Crippen molar-refractivity contribution >= 4 is 6.03 Å². The van der Waals surface area contributed by atoms with Crippen LogP contribution in [0.2, 0.25) is 0 Å². The Hall–Kier alpha value is -1.66. The summed E-state index contributed by atoms with van der Waals surface area (Å²) in [6.07, 6.45) is 0.853. The highest BCUT2D eigenvalue weighted by Crippen LogP contribution is 2.30. The second-order valence-electron chi connectivity index (χ2n) is 5.55. The molecule has 0 aliphatic carbocycles. The van der Waals surface area contributed by atoms with Crippen LogP contribution >= 0.6 is 0 Å². The highest BCUT2D eigenvalue weighted by Gasteiger charge is 2.28. The van der Waals surface area contributed by atoms with Crippen LogP contribution in [0.1, 0.15) is 24.5 Å². The summed E-state index contributed by atoms with van der Waals surface area (Å²) in [5, 5.41) is 13.2. The minimum Gasteiger partial charge on any atom is -0.388 e. The van der Waals surface area contributed by atoms with E-state index in [0.29, 0.717) is 26.2 Å². The average molecular weight is 310 g/mol. The second kappa shape index (κ2) is 8.10. The average Bonchev–Trinajstić information content (AvgIpc) is 2.55. The van der Waals surface area contributed by atoms with Gasteiger partial charge in [-0.3, -0.25) is 0 Å². The van der Waals surface area contributed by atoms with Gasteiger partial charge in [0, 0.05) is 26.7 Å². The molecule has 122 valence electrons. The highest BCUT2D eigenvalue weighted by molar-refractivity contribution is 5.74. The van der Waals surface area contributed by atoms with E-state index in [1.165, 1.54) is 12.1 Å². The fourth-order valence-corrected chi connectivity index (χ4v) is 2.72. The maximum atomic E-state index is 12.9. The quantitative estimate of drug-likeness (QED) is 0.817. The molecule has 1 atom stereocenters. The van der Waals surface area contributed by atoms with Crippen LogP contribution in [0.4, 0.5) is 9.18 Å². The van der Waals surface area contributed by atoms with Gasteiger partial charge in [0.1, 0.15) is 5.82 Å². The van der Waals surface area contributed by atoms with Crippen molar-refractivity contribution in [2.45, 2.75) is 18.9 Å². The van der Waals surface area contributed by atoms with Crippen LogP contribution in [0.15, 0.2) is 24.3 Å². The normalized spacial score (nSPS) is 17.3. The van der Waals surface area contributed by atoms with Crippen molar-refractivity contribution in [3.05, 3.63) is 35.6 Å². The molecule has 1 aliphatic heterocycles. The predicted octanol–water partition coefficient (Wildman–Crippen LogP) is 1.93. The summed E-state index contributed by atoms with van der Waals surface area (Å²) in [7, 11) is 1.59. The Balaban J connectivity index is 1.81. The number of hydrogen-bond donors (Lipinski definition) is 2. The molecule has 6 heteroatoms. The molecule has 1 heterocycles. The van der Waals surface area contributed by atoms with Gasteiger partial charge >= 0.3 is 6.03 Å². The summed E-state index contributed by atoms with van der Waals surface area (Å²) in [4.78, 5) is 13.7. The summed E-state index contributed by atoms with van der Waals surface area (Å²) in [5.74, 6) is -0.216. The van der Waals surface area contributed by atoms with Crippen molar-refractivity contribution in [2.75, 3.05) is 33.4 Å². The third-order valence-electron chi connectivity index (χ3n) is 4.07. The van der Waals surface area contributed by atoms with E-state index in [1.54, 1.807) is 24.1 Å². The summed E-state index contributed by atoms with van der Waals surface area (Å²) in [6, 6.07) is 5.86. The van der Waals surface area contributed by atoms with Crippen LogP contribution < -0.4 is 5.32 Å². The van der Waals surface area contributed by atoms with E-state index in [1.807, 2.05) is 0 Å². The smallest absolute Gasteiger partial charge is 0.317 e. The van der Waals surface area contributed by atoms with Crippen molar-refractivity contribution in [1.29, 1.82) is 0 Å². The molecule has 2 rings (SSSR count). The SMILES string of the molecule is COCCNC(=O)N1CCC(C(O)c2ccc(F)cc2)CC1. The van der Waals surface area contributed by atoms with Gasteiger partial charge in [-0.1, -0.05) is 12.1 Å². The first kappa shape index (κ1) is 16.7. The van der Waals surface area contributed by atoms with Crippen LogP contribution in [-0.2, 0) is 4.74 Å². The van der Waals surface area contributed by atoms with Crippen LogP contribution in [-0.4, -0.2) is 49.4 Å². The van der Waals surface area contributed by atoms with Crippen molar-refractivity contribution in [3.63, 3.8) is 0 Å². The van der Waals surface area contributed by atoms with Gasteiger partial charge in [0.25, 0.3) is 0 Å². The van der Waals surface area contributed by atoms with Crippen LogP contribution in [0.25, 0.3) is 0 Å². The van der Waals surface area contributed by atoms with Crippen molar-refractivity contribution < 1.29 is 19.0 Å². The number of nitrogens with one attached hydrogen (secondary N) is 1. The van der Waals surface area contributed by atoms with E-state index in [9.17, 15) is 14.3 Å². The summed E-state index contributed by atoms with van der Waals surface area (Å²) in [6.45, 7) is 2.21. The molecule has 0 bridgehead atoms. The number of carbonyl (C=O) groups is 1.